The van der Waals surface area contributed by atoms with Gasteiger partial charge in [0, 0.05) is 18.7 Å². The van der Waals surface area contributed by atoms with Gasteiger partial charge in [-0.1, -0.05) is 19.1 Å². The minimum Gasteiger partial charge on any atom is -0.366 e. The molecule has 1 aromatic carbocycles. The summed E-state index contributed by atoms with van der Waals surface area (Å²) < 4.78 is 51.8. The summed E-state index contributed by atoms with van der Waals surface area (Å²) in [6.07, 6.45) is -3.85. The molecule has 2 rings (SSSR count). The Balaban J connectivity index is 2.20. The van der Waals surface area contributed by atoms with Crippen molar-refractivity contribution in [1.82, 2.24) is 9.97 Å². The normalized spacial score (nSPS) is 12.8. The Kier molecular flexibility index (Phi) is 5.58. The number of nitrogens with zero attached hydrogens (tertiary/aromatic N) is 2. The molecule has 1 heterocycles. The molecule has 0 radical (unpaired) electrons. The van der Waals surface area contributed by atoms with E-state index in [-0.39, 0.29) is 30.2 Å². The molecule has 4 nitrogen and oxygen atoms in total. The van der Waals surface area contributed by atoms with Crippen molar-refractivity contribution in [2.75, 3.05) is 10.6 Å². The lowest BCUT2D eigenvalue weighted by molar-refractivity contribution is -0.141. The molecule has 0 saturated carbocycles. The van der Waals surface area contributed by atoms with E-state index < -0.39 is 11.9 Å². The molecule has 0 aliphatic heterocycles. The number of nitrogens with one attached hydrogen (secondary N) is 2. The van der Waals surface area contributed by atoms with Crippen molar-refractivity contribution in [3.05, 3.63) is 47.4 Å². The van der Waals surface area contributed by atoms with Crippen molar-refractivity contribution in [3.8, 4) is 0 Å². The predicted molar refractivity (Wildman–Crippen MR) is 84.1 cm³/mol. The maximum absolute atomic E-state index is 13.0. The maximum Gasteiger partial charge on any atom is 0.433 e. The molecule has 130 valence electrons. The van der Waals surface area contributed by atoms with Crippen LogP contribution in [0.5, 0.6) is 0 Å². The van der Waals surface area contributed by atoms with Crippen LogP contribution in [0.25, 0.3) is 0 Å². The van der Waals surface area contributed by atoms with Gasteiger partial charge in [0.2, 0.25) is 5.95 Å². The lowest BCUT2D eigenvalue weighted by atomic mass is 10.2. The van der Waals surface area contributed by atoms with Crippen LogP contribution in [0.1, 0.15) is 31.5 Å². The SMILES string of the molecule is CC[C@@H](C)Nc1nc(NCc2ccc(F)cc2)cc(C(F)(F)F)n1. The number of rotatable bonds is 6. The van der Waals surface area contributed by atoms with E-state index in [0.29, 0.717) is 0 Å². The Bertz CT molecular complexity index is 671. The van der Waals surface area contributed by atoms with Crippen molar-refractivity contribution in [1.29, 1.82) is 0 Å². The largest absolute Gasteiger partial charge is 0.433 e. The summed E-state index contributed by atoms with van der Waals surface area (Å²) in [4.78, 5) is 7.58. The van der Waals surface area contributed by atoms with Gasteiger partial charge in [-0.05, 0) is 31.0 Å². The van der Waals surface area contributed by atoms with Gasteiger partial charge in [0.1, 0.15) is 11.6 Å². The fraction of sp³-hybridized carbons (Fsp3) is 0.375. The molecule has 24 heavy (non-hydrogen) atoms. The molecule has 0 saturated heterocycles. The zero-order valence-electron chi connectivity index (χ0n) is 13.3. The molecule has 0 fully saturated rings. The summed E-state index contributed by atoms with van der Waals surface area (Å²) in [5.74, 6) is -0.409. The van der Waals surface area contributed by atoms with E-state index in [1.54, 1.807) is 12.1 Å². The van der Waals surface area contributed by atoms with Crippen LogP contribution < -0.4 is 10.6 Å². The summed E-state index contributed by atoms with van der Waals surface area (Å²) in [7, 11) is 0. The molecule has 0 spiro atoms. The second-order valence-corrected chi connectivity index (χ2v) is 5.39. The quantitative estimate of drug-likeness (QED) is 0.761. The third-order valence-electron chi connectivity index (χ3n) is 3.39. The third-order valence-corrected chi connectivity index (χ3v) is 3.39. The van der Waals surface area contributed by atoms with E-state index in [2.05, 4.69) is 20.6 Å². The first-order valence-corrected chi connectivity index (χ1v) is 7.49. The monoisotopic (exact) mass is 342 g/mol. The molecule has 8 heteroatoms. The van der Waals surface area contributed by atoms with Crippen molar-refractivity contribution in [2.45, 2.75) is 39.0 Å². The highest BCUT2D eigenvalue weighted by atomic mass is 19.4. The van der Waals surface area contributed by atoms with Crippen LogP contribution in [-0.4, -0.2) is 16.0 Å². The molecule has 2 aromatic rings. The van der Waals surface area contributed by atoms with E-state index in [1.165, 1.54) is 12.1 Å². The second-order valence-electron chi connectivity index (χ2n) is 5.39. The Morgan fingerprint density at radius 2 is 1.79 bits per heavy atom. The first-order chi connectivity index (χ1) is 11.3. The third kappa shape index (κ3) is 5.07. The number of alkyl halides is 3. The molecule has 0 unspecified atom stereocenters. The first kappa shape index (κ1) is 18.0. The van der Waals surface area contributed by atoms with Gasteiger partial charge >= 0.3 is 6.18 Å². The molecular weight excluding hydrogens is 324 g/mol. The smallest absolute Gasteiger partial charge is 0.366 e. The zero-order chi connectivity index (χ0) is 17.7. The number of aromatic nitrogens is 2. The highest BCUT2D eigenvalue weighted by molar-refractivity contribution is 5.44. The Morgan fingerprint density at radius 3 is 2.38 bits per heavy atom. The average Bonchev–Trinajstić information content (AvgIpc) is 2.53. The number of halogens is 4. The standard InChI is InChI=1S/C16H18F4N4/c1-3-10(2)22-15-23-13(16(18,19)20)8-14(24-15)21-9-11-4-6-12(17)7-5-11/h4-8,10H,3,9H2,1-2H3,(H2,21,22,23,24)/t10-/m1/s1. The van der Waals surface area contributed by atoms with Crippen LogP contribution in [0.3, 0.4) is 0 Å². The van der Waals surface area contributed by atoms with Gasteiger partial charge < -0.3 is 10.6 Å². The van der Waals surface area contributed by atoms with Crippen LogP contribution in [0.15, 0.2) is 30.3 Å². The zero-order valence-corrected chi connectivity index (χ0v) is 13.3. The Labute approximate surface area is 137 Å². The minimum atomic E-state index is -4.57. The lowest BCUT2D eigenvalue weighted by Crippen LogP contribution is -2.19. The number of benzene rings is 1. The molecular formula is C16H18F4N4. The number of hydrogen-bond acceptors (Lipinski definition) is 4. The Morgan fingerprint density at radius 1 is 1.12 bits per heavy atom. The van der Waals surface area contributed by atoms with Gasteiger partial charge in [0.15, 0.2) is 5.69 Å². The van der Waals surface area contributed by atoms with E-state index >= 15 is 0 Å². The van der Waals surface area contributed by atoms with Crippen LogP contribution >= 0.6 is 0 Å². The van der Waals surface area contributed by atoms with Gasteiger partial charge in [0.25, 0.3) is 0 Å². The van der Waals surface area contributed by atoms with E-state index in [9.17, 15) is 17.6 Å². The molecule has 1 aromatic heterocycles. The highest BCUT2D eigenvalue weighted by Crippen LogP contribution is 2.30. The minimum absolute atomic E-state index is 0.0486. The van der Waals surface area contributed by atoms with Crippen molar-refractivity contribution in [3.63, 3.8) is 0 Å². The van der Waals surface area contributed by atoms with Gasteiger partial charge in [-0.2, -0.15) is 18.2 Å². The fourth-order valence-corrected chi connectivity index (χ4v) is 1.86. The topological polar surface area (TPSA) is 49.8 Å². The van der Waals surface area contributed by atoms with Gasteiger partial charge in [0.05, 0.1) is 0 Å². The van der Waals surface area contributed by atoms with Crippen LogP contribution in [0, 0.1) is 5.82 Å². The average molecular weight is 342 g/mol. The Hall–Kier alpha value is -2.38. The molecule has 0 bridgehead atoms. The van der Waals surface area contributed by atoms with Crippen molar-refractivity contribution < 1.29 is 17.6 Å². The van der Waals surface area contributed by atoms with Gasteiger partial charge in [-0.3, -0.25) is 0 Å². The molecule has 0 amide bonds. The number of hydrogen-bond donors (Lipinski definition) is 2. The molecule has 0 aliphatic rings. The summed E-state index contributed by atoms with van der Waals surface area (Å²) in [6.45, 7) is 3.95. The molecule has 0 aliphatic carbocycles. The molecule has 1 atom stereocenters. The second kappa shape index (κ2) is 7.46. The van der Waals surface area contributed by atoms with E-state index in [4.69, 9.17) is 0 Å². The summed E-state index contributed by atoms with van der Waals surface area (Å²) >= 11 is 0. The van der Waals surface area contributed by atoms with E-state index in [0.717, 1.165) is 18.1 Å². The summed E-state index contributed by atoms with van der Waals surface area (Å²) in [6, 6.07) is 6.46. The van der Waals surface area contributed by atoms with E-state index in [1.807, 2.05) is 13.8 Å². The van der Waals surface area contributed by atoms with Crippen molar-refractivity contribution >= 4 is 11.8 Å². The van der Waals surface area contributed by atoms with Gasteiger partial charge in [-0.25, -0.2) is 9.37 Å². The van der Waals surface area contributed by atoms with Crippen molar-refractivity contribution in [2.24, 2.45) is 0 Å². The van der Waals surface area contributed by atoms with Crippen LogP contribution in [-0.2, 0) is 12.7 Å². The summed E-state index contributed by atoms with van der Waals surface area (Å²) in [5.41, 5.74) is -0.301. The predicted octanol–water partition coefficient (Wildman–Crippen LogP) is 4.46. The van der Waals surface area contributed by atoms with Crippen LogP contribution in [0.4, 0.5) is 29.3 Å². The number of anilines is 2. The highest BCUT2D eigenvalue weighted by Gasteiger charge is 2.33. The fourth-order valence-electron chi connectivity index (χ4n) is 1.86. The maximum atomic E-state index is 13.0. The molecule has 2 N–H and O–H groups in total. The van der Waals surface area contributed by atoms with Crippen LogP contribution in [0.2, 0.25) is 0 Å². The van der Waals surface area contributed by atoms with Gasteiger partial charge in [-0.15, -0.1) is 0 Å². The first-order valence-electron chi connectivity index (χ1n) is 7.49. The lowest BCUT2D eigenvalue weighted by Gasteiger charge is -2.15. The summed E-state index contributed by atoms with van der Waals surface area (Å²) in [5, 5.41) is 5.65.